The Morgan fingerprint density at radius 3 is 2.88 bits per heavy atom. The van der Waals surface area contributed by atoms with E-state index in [9.17, 15) is 4.79 Å². The highest BCUT2D eigenvalue weighted by atomic mass is 79.9. The monoisotopic (exact) mass is 313 g/mol. The van der Waals surface area contributed by atoms with E-state index in [1.165, 1.54) is 0 Å². The molecule has 2 rings (SSSR count). The zero-order chi connectivity index (χ0) is 12.5. The number of anilines is 1. The summed E-state index contributed by atoms with van der Waals surface area (Å²) in [6.07, 6.45) is 0.941. The number of rotatable bonds is 2. The summed E-state index contributed by atoms with van der Waals surface area (Å²) in [5.74, 6) is 1.11. The minimum absolute atomic E-state index is 0.251. The van der Waals surface area contributed by atoms with Crippen LogP contribution in [-0.2, 0) is 0 Å². The van der Waals surface area contributed by atoms with Crippen molar-refractivity contribution in [3.05, 3.63) is 28.2 Å². The highest BCUT2D eigenvalue weighted by Crippen LogP contribution is 2.34. The van der Waals surface area contributed by atoms with E-state index in [4.69, 9.17) is 0 Å². The summed E-state index contributed by atoms with van der Waals surface area (Å²) in [6, 6.07) is 5.83. The molecule has 0 unspecified atom stereocenters. The van der Waals surface area contributed by atoms with Crippen LogP contribution in [0.15, 0.2) is 22.7 Å². The SMILES string of the molecule is CC1(C)CN(c2cc(Br)ccc2C=O)CCS1. The minimum Gasteiger partial charge on any atom is -0.369 e. The van der Waals surface area contributed by atoms with Gasteiger partial charge in [0.25, 0.3) is 0 Å². The number of hydrogen-bond donors (Lipinski definition) is 0. The van der Waals surface area contributed by atoms with Crippen LogP contribution in [0, 0.1) is 0 Å². The second-order valence-electron chi connectivity index (χ2n) is 4.85. The molecule has 0 atom stereocenters. The number of halogens is 1. The van der Waals surface area contributed by atoms with Gasteiger partial charge in [-0.25, -0.2) is 0 Å². The predicted octanol–water partition coefficient (Wildman–Crippen LogP) is 3.59. The molecule has 1 fully saturated rings. The highest BCUT2D eigenvalue weighted by Gasteiger charge is 2.28. The average molecular weight is 314 g/mol. The second kappa shape index (κ2) is 5.02. The van der Waals surface area contributed by atoms with Gasteiger partial charge in [0.05, 0.1) is 0 Å². The molecule has 4 heteroatoms. The number of thioether (sulfide) groups is 1. The van der Waals surface area contributed by atoms with Crippen molar-refractivity contribution in [2.24, 2.45) is 0 Å². The number of hydrogen-bond acceptors (Lipinski definition) is 3. The first kappa shape index (κ1) is 13.0. The summed E-state index contributed by atoms with van der Waals surface area (Å²) in [5.41, 5.74) is 1.82. The Balaban J connectivity index is 2.32. The molecule has 1 aromatic rings. The molecule has 0 spiro atoms. The van der Waals surface area contributed by atoms with Gasteiger partial charge in [-0.15, -0.1) is 0 Å². The number of carbonyl (C=O) groups excluding carboxylic acids is 1. The summed E-state index contributed by atoms with van der Waals surface area (Å²) in [4.78, 5) is 13.4. The summed E-state index contributed by atoms with van der Waals surface area (Å²) in [5, 5.41) is 0. The van der Waals surface area contributed by atoms with Gasteiger partial charge in [0.1, 0.15) is 0 Å². The third-order valence-electron chi connectivity index (χ3n) is 2.89. The first-order valence-electron chi connectivity index (χ1n) is 5.65. The van der Waals surface area contributed by atoms with Crippen LogP contribution in [0.25, 0.3) is 0 Å². The molecule has 1 aliphatic rings. The largest absolute Gasteiger partial charge is 0.369 e. The number of nitrogens with zero attached hydrogens (tertiary/aromatic N) is 1. The van der Waals surface area contributed by atoms with E-state index >= 15 is 0 Å². The third kappa shape index (κ3) is 3.05. The molecule has 0 bridgehead atoms. The summed E-state index contributed by atoms with van der Waals surface area (Å²) < 4.78 is 1.27. The fraction of sp³-hybridized carbons (Fsp3) is 0.462. The molecule has 2 nitrogen and oxygen atoms in total. The van der Waals surface area contributed by atoms with Crippen molar-refractivity contribution in [3.63, 3.8) is 0 Å². The molecule has 0 radical (unpaired) electrons. The maximum Gasteiger partial charge on any atom is 0.152 e. The van der Waals surface area contributed by atoms with Crippen LogP contribution in [0.1, 0.15) is 24.2 Å². The van der Waals surface area contributed by atoms with Crippen LogP contribution >= 0.6 is 27.7 Å². The van der Waals surface area contributed by atoms with Crippen molar-refractivity contribution in [1.82, 2.24) is 0 Å². The van der Waals surface area contributed by atoms with Crippen molar-refractivity contribution in [2.45, 2.75) is 18.6 Å². The number of aldehydes is 1. The average Bonchev–Trinajstić information content (AvgIpc) is 2.27. The topological polar surface area (TPSA) is 20.3 Å². The molecule has 17 heavy (non-hydrogen) atoms. The molecule has 1 aromatic carbocycles. The Hall–Kier alpha value is -0.480. The lowest BCUT2D eigenvalue weighted by molar-refractivity contribution is 0.112. The first-order chi connectivity index (χ1) is 8.02. The Labute approximate surface area is 115 Å². The molecule has 0 amide bonds. The lowest BCUT2D eigenvalue weighted by Gasteiger charge is -2.39. The summed E-state index contributed by atoms with van der Waals surface area (Å²) in [6.45, 7) is 6.49. The molecule has 0 N–H and O–H groups in total. The van der Waals surface area contributed by atoms with E-state index in [1.54, 1.807) is 0 Å². The Bertz CT molecular complexity index is 433. The van der Waals surface area contributed by atoms with Gasteiger partial charge in [-0.05, 0) is 32.0 Å². The van der Waals surface area contributed by atoms with Crippen LogP contribution in [-0.4, -0.2) is 29.9 Å². The van der Waals surface area contributed by atoms with Gasteiger partial charge in [0.15, 0.2) is 6.29 Å². The van der Waals surface area contributed by atoms with Gasteiger partial charge in [0, 0.05) is 39.3 Å². The van der Waals surface area contributed by atoms with Crippen molar-refractivity contribution in [2.75, 3.05) is 23.7 Å². The number of carbonyl (C=O) groups is 1. The molecule has 0 aliphatic carbocycles. The standard InChI is InChI=1S/C13H16BrNOS/c1-13(2)9-15(5-6-17-13)12-7-11(14)4-3-10(12)8-16/h3-4,7-8H,5-6,9H2,1-2H3. The van der Waals surface area contributed by atoms with E-state index in [1.807, 2.05) is 30.0 Å². The van der Waals surface area contributed by atoms with Gasteiger partial charge < -0.3 is 4.90 Å². The molecular weight excluding hydrogens is 298 g/mol. The Morgan fingerprint density at radius 1 is 1.47 bits per heavy atom. The fourth-order valence-electron chi connectivity index (χ4n) is 2.11. The Morgan fingerprint density at radius 2 is 2.24 bits per heavy atom. The zero-order valence-electron chi connectivity index (χ0n) is 10.1. The molecule has 1 aliphatic heterocycles. The van der Waals surface area contributed by atoms with Gasteiger partial charge in [0.2, 0.25) is 0 Å². The fourth-order valence-corrected chi connectivity index (χ4v) is 3.57. The van der Waals surface area contributed by atoms with E-state index in [2.05, 4.69) is 34.7 Å². The molecule has 0 saturated carbocycles. The highest BCUT2D eigenvalue weighted by molar-refractivity contribution is 9.10. The lowest BCUT2D eigenvalue weighted by atomic mass is 10.1. The normalized spacial score (nSPS) is 19.1. The van der Waals surface area contributed by atoms with E-state index < -0.39 is 0 Å². The molecule has 0 aromatic heterocycles. The zero-order valence-corrected chi connectivity index (χ0v) is 12.5. The second-order valence-corrected chi connectivity index (χ2v) is 7.57. The van der Waals surface area contributed by atoms with E-state index in [0.717, 1.165) is 40.9 Å². The van der Waals surface area contributed by atoms with Crippen molar-refractivity contribution in [3.8, 4) is 0 Å². The summed E-state index contributed by atoms with van der Waals surface area (Å²) >= 11 is 5.47. The van der Waals surface area contributed by atoms with Crippen LogP contribution in [0.2, 0.25) is 0 Å². The lowest BCUT2D eigenvalue weighted by Crippen LogP contribution is -2.43. The van der Waals surface area contributed by atoms with Crippen molar-refractivity contribution < 1.29 is 4.79 Å². The van der Waals surface area contributed by atoms with Gasteiger partial charge >= 0.3 is 0 Å². The van der Waals surface area contributed by atoms with Crippen molar-refractivity contribution >= 4 is 39.7 Å². The molecule has 1 heterocycles. The predicted molar refractivity (Wildman–Crippen MR) is 78.3 cm³/mol. The quantitative estimate of drug-likeness (QED) is 0.778. The summed E-state index contributed by atoms with van der Waals surface area (Å²) in [7, 11) is 0. The van der Waals surface area contributed by atoms with Crippen LogP contribution in [0.3, 0.4) is 0 Å². The van der Waals surface area contributed by atoms with Crippen molar-refractivity contribution in [1.29, 1.82) is 0 Å². The van der Waals surface area contributed by atoms with Gasteiger partial charge in [-0.2, -0.15) is 11.8 Å². The van der Waals surface area contributed by atoms with E-state index in [0.29, 0.717) is 0 Å². The van der Waals surface area contributed by atoms with Crippen LogP contribution in [0.5, 0.6) is 0 Å². The van der Waals surface area contributed by atoms with Gasteiger partial charge in [-0.3, -0.25) is 4.79 Å². The molecule has 92 valence electrons. The smallest absolute Gasteiger partial charge is 0.152 e. The maximum atomic E-state index is 11.1. The van der Waals surface area contributed by atoms with Crippen LogP contribution < -0.4 is 4.90 Å². The molecular formula is C13H16BrNOS. The number of benzene rings is 1. The first-order valence-corrected chi connectivity index (χ1v) is 7.43. The minimum atomic E-state index is 0.251. The van der Waals surface area contributed by atoms with Crippen LogP contribution in [0.4, 0.5) is 5.69 Å². The van der Waals surface area contributed by atoms with Gasteiger partial charge in [-0.1, -0.05) is 15.9 Å². The Kier molecular flexibility index (Phi) is 3.83. The molecule has 1 saturated heterocycles. The third-order valence-corrected chi connectivity index (χ3v) is 4.68. The van der Waals surface area contributed by atoms with E-state index in [-0.39, 0.29) is 4.75 Å². The maximum absolute atomic E-state index is 11.1.